The molecular formula is C28H23N3O2S. The summed E-state index contributed by atoms with van der Waals surface area (Å²) >= 11 is 1.31. The molecule has 0 aliphatic rings. The van der Waals surface area contributed by atoms with Crippen LogP contribution in [0.3, 0.4) is 0 Å². The molecule has 0 spiro atoms. The van der Waals surface area contributed by atoms with Crippen LogP contribution in [0.1, 0.15) is 15.2 Å². The smallest absolute Gasteiger partial charge is 0.267 e. The Balaban J connectivity index is 1.66. The summed E-state index contributed by atoms with van der Waals surface area (Å²) in [5.41, 5.74) is 12.5. The molecule has 0 saturated carbocycles. The number of nitrogen functional groups attached to an aromatic ring is 1. The molecule has 168 valence electrons. The average molecular weight is 466 g/mol. The van der Waals surface area contributed by atoms with Gasteiger partial charge in [0.25, 0.3) is 5.91 Å². The van der Waals surface area contributed by atoms with Gasteiger partial charge in [-0.25, -0.2) is 4.98 Å². The summed E-state index contributed by atoms with van der Waals surface area (Å²) in [5.74, 6) is 0.530. The van der Waals surface area contributed by atoms with E-state index in [1.165, 1.54) is 11.3 Å². The zero-order valence-corrected chi connectivity index (χ0v) is 19.6. The van der Waals surface area contributed by atoms with Crippen molar-refractivity contribution >= 4 is 38.8 Å². The van der Waals surface area contributed by atoms with Crippen molar-refractivity contribution in [2.45, 2.75) is 6.92 Å². The van der Waals surface area contributed by atoms with Gasteiger partial charge in [-0.05, 0) is 53.9 Å². The summed E-state index contributed by atoms with van der Waals surface area (Å²) in [7, 11) is 1.64. The highest BCUT2D eigenvalue weighted by Crippen LogP contribution is 2.41. The van der Waals surface area contributed by atoms with E-state index in [1.54, 1.807) is 7.11 Å². The summed E-state index contributed by atoms with van der Waals surface area (Å²) < 4.78 is 5.32. The van der Waals surface area contributed by atoms with E-state index in [-0.39, 0.29) is 5.91 Å². The van der Waals surface area contributed by atoms with E-state index in [0.29, 0.717) is 10.6 Å². The third kappa shape index (κ3) is 4.11. The first-order valence-electron chi connectivity index (χ1n) is 10.8. The van der Waals surface area contributed by atoms with Crippen molar-refractivity contribution < 1.29 is 9.53 Å². The fourth-order valence-electron chi connectivity index (χ4n) is 3.96. The lowest BCUT2D eigenvalue weighted by Gasteiger charge is -2.10. The second-order valence-corrected chi connectivity index (χ2v) is 9.00. The predicted octanol–water partition coefficient (Wildman–Crippen LogP) is 6.78. The predicted molar refractivity (Wildman–Crippen MR) is 141 cm³/mol. The highest BCUT2D eigenvalue weighted by molar-refractivity contribution is 7.21. The van der Waals surface area contributed by atoms with Gasteiger partial charge < -0.3 is 15.8 Å². The van der Waals surface area contributed by atoms with Gasteiger partial charge in [0.15, 0.2) is 0 Å². The Hall–Kier alpha value is -4.16. The summed E-state index contributed by atoms with van der Waals surface area (Å²) in [6, 6.07) is 27.5. The van der Waals surface area contributed by atoms with E-state index in [9.17, 15) is 4.79 Å². The molecule has 0 aliphatic heterocycles. The molecule has 3 aromatic carbocycles. The number of nitrogens with zero attached hydrogens (tertiary/aromatic N) is 1. The number of rotatable bonds is 5. The zero-order chi connectivity index (χ0) is 23.7. The van der Waals surface area contributed by atoms with Crippen molar-refractivity contribution in [2.24, 2.45) is 0 Å². The van der Waals surface area contributed by atoms with Gasteiger partial charge >= 0.3 is 0 Å². The van der Waals surface area contributed by atoms with Crippen LogP contribution < -0.4 is 15.8 Å². The van der Waals surface area contributed by atoms with Crippen LogP contribution in [0.15, 0.2) is 84.9 Å². The maximum Gasteiger partial charge on any atom is 0.267 e. The maximum absolute atomic E-state index is 13.2. The molecule has 0 atom stereocenters. The number of amides is 1. The van der Waals surface area contributed by atoms with E-state index < -0.39 is 0 Å². The number of methoxy groups -OCH3 is 1. The minimum absolute atomic E-state index is 0.243. The summed E-state index contributed by atoms with van der Waals surface area (Å²) in [5, 5.41) is 3.75. The van der Waals surface area contributed by atoms with Crippen LogP contribution in [0.4, 0.5) is 11.4 Å². The monoisotopic (exact) mass is 465 g/mol. The number of carbonyl (C=O) groups is 1. The van der Waals surface area contributed by atoms with Gasteiger partial charge in [0.2, 0.25) is 0 Å². The zero-order valence-electron chi connectivity index (χ0n) is 18.8. The fourth-order valence-corrected chi connectivity index (χ4v) is 4.97. The Bertz CT molecular complexity index is 1490. The SMILES string of the molecule is COc1ccc(-c2cc(-c3ccccc3)nc3sc(C(=O)Nc4cccc(C)c4)c(N)c23)cc1. The molecule has 6 heteroatoms. The van der Waals surface area contributed by atoms with Crippen molar-refractivity contribution in [3.05, 3.63) is 95.4 Å². The molecular weight excluding hydrogens is 442 g/mol. The minimum Gasteiger partial charge on any atom is -0.497 e. The lowest BCUT2D eigenvalue weighted by Crippen LogP contribution is -2.12. The minimum atomic E-state index is -0.243. The van der Waals surface area contributed by atoms with Crippen molar-refractivity contribution in [3.8, 4) is 28.1 Å². The molecule has 2 heterocycles. The number of thiophene rings is 1. The molecule has 0 unspecified atom stereocenters. The molecule has 5 aromatic rings. The Morgan fingerprint density at radius 1 is 0.941 bits per heavy atom. The van der Waals surface area contributed by atoms with Gasteiger partial charge in [-0.15, -0.1) is 11.3 Å². The third-order valence-electron chi connectivity index (χ3n) is 5.65. The third-order valence-corrected chi connectivity index (χ3v) is 6.75. The van der Waals surface area contributed by atoms with Crippen molar-refractivity contribution in [1.82, 2.24) is 4.98 Å². The number of ether oxygens (including phenoxy) is 1. The van der Waals surface area contributed by atoms with E-state index in [1.807, 2.05) is 91.9 Å². The average Bonchev–Trinajstić information content (AvgIpc) is 3.20. The lowest BCUT2D eigenvalue weighted by molar-refractivity contribution is 0.103. The number of hydrogen-bond acceptors (Lipinski definition) is 5. The maximum atomic E-state index is 13.2. The molecule has 0 saturated heterocycles. The number of fused-ring (bicyclic) bond motifs is 1. The van der Waals surface area contributed by atoms with Crippen LogP contribution in [0.2, 0.25) is 0 Å². The second kappa shape index (κ2) is 9.00. The van der Waals surface area contributed by atoms with E-state index >= 15 is 0 Å². The molecule has 5 nitrogen and oxygen atoms in total. The van der Waals surface area contributed by atoms with Crippen LogP contribution in [0.5, 0.6) is 5.75 Å². The lowest BCUT2D eigenvalue weighted by atomic mass is 9.99. The highest BCUT2D eigenvalue weighted by atomic mass is 32.1. The molecule has 0 radical (unpaired) electrons. The molecule has 34 heavy (non-hydrogen) atoms. The number of hydrogen-bond donors (Lipinski definition) is 2. The van der Waals surface area contributed by atoms with Crippen LogP contribution in [-0.4, -0.2) is 18.0 Å². The van der Waals surface area contributed by atoms with Crippen LogP contribution in [-0.2, 0) is 0 Å². The van der Waals surface area contributed by atoms with Crippen molar-refractivity contribution in [3.63, 3.8) is 0 Å². The van der Waals surface area contributed by atoms with Crippen LogP contribution >= 0.6 is 11.3 Å². The number of benzene rings is 3. The van der Waals surface area contributed by atoms with Crippen LogP contribution in [0.25, 0.3) is 32.6 Å². The molecule has 0 fully saturated rings. The second-order valence-electron chi connectivity index (χ2n) is 8.00. The molecule has 2 aromatic heterocycles. The Kier molecular flexibility index (Phi) is 5.74. The number of pyridine rings is 1. The van der Waals surface area contributed by atoms with E-state index in [0.717, 1.165) is 49.6 Å². The fraction of sp³-hybridized carbons (Fsp3) is 0.0714. The number of aromatic nitrogens is 1. The Morgan fingerprint density at radius 2 is 1.71 bits per heavy atom. The molecule has 1 amide bonds. The topological polar surface area (TPSA) is 77.2 Å². The number of aryl methyl sites for hydroxylation is 1. The van der Waals surface area contributed by atoms with E-state index in [2.05, 4.69) is 5.32 Å². The summed E-state index contributed by atoms with van der Waals surface area (Å²) in [6.07, 6.45) is 0. The standard InChI is InChI=1S/C28H23N3O2S/c1-17-7-6-10-20(15-17)30-27(32)26-25(29)24-22(18-11-13-21(33-2)14-12-18)16-23(31-28(24)34-26)19-8-4-3-5-9-19/h3-16H,29H2,1-2H3,(H,30,32). The Labute approximate surface area is 201 Å². The number of anilines is 2. The quantitative estimate of drug-likeness (QED) is 0.300. The van der Waals surface area contributed by atoms with E-state index in [4.69, 9.17) is 15.5 Å². The van der Waals surface area contributed by atoms with Gasteiger partial charge in [-0.1, -0.05) is 54.6 Å². The van der Waals surface area contributed by atoms with Gasteiger partial charge in [0.05, 0.1) is 18.5 Å². The van der Waals surface area contributed by atoms with Gasteiger partial charge in [0.1, 0.15) is 15.5 Å². The molecule has 0 aliphatic carbocycles. The first-order valence-corrected chi connectivity index (χ1v) is 11.7. The molecule has 5 rings (SSSR count). The largest absolute Gasteiger partial charge is 0.497 e. The first-order chi connectivity index (χ1) is 16.5. The van der Waals surface area contributed by atoms with Crippen molar-refractivity contribution in [2.75, 3.05) is 18.2 Å². The molecule has 0 bridgehead atoms. The summed E-state index contributed by atoms with van der Waals surface area (Å²) in [6.45, 7) is 1.99. The normalized spacial score (nSPS) is 10.9. The number of carbonyl (C=O) groups excluding carboxylic acids is 1. The van der Waals surface area contributed by atoms with Gasteiger partial charge in [-0.2, -0.15) is 0 Å². The Morgan fingerprint density at radius 3 is 2.41 bits per heavy atom. The first kappa shape index (κ1) is 21.7. The molecule has 3 N–H and O–H groups in total. The number of nitrogens with one attached hydrogen (secondary N) is 1. The summed E-state index contributed by atoms with van der Waals surface area (Å²) in [4.78, 5) is 19.2. The van der Waals surface area contributed by atoms with Crippen molar-refractivity contribution in [1.29, 1.82) is 0 Å². The number of nitrogens with two attached hydrogens (primary N) is 1. The van der Waals surface area contributed by atoms with Crippen LogP contribution in [0, 0.1) is 6.92 Å². The van der Waals surface area contributed by atoms with Gasteiger partial charge in [-0.3, -0.25) is 4.79 Å². The van der Waals surface area contributed by atoms with Gasteiger partial charge in [0, 0.05) is 16.6 Å². The highest BCUT2D eigenvalue weighted by Gasteiger charge is 2.22.